The SMILES string of the molecule is CCNC(=NCc1ccc(COC2CCOCC2)cc1)N1CCC(CC(=O)NC)CC1.I. The first-order chi connectivity index (χ1) is 15.2. The Morgan fingerprint density at radius 1 is 1.12 bits per heavy atom. The molecule has 0 bridgehead atoms. The number of ether oxygens (including phenoxy) is 2. The predicted molar refractivity (Wildman–Crippen MR) is 138 cm³/mol. The molecule has 0 unspecified atom stereocenters. The van der Waals surface area contributed by atoms with Gasteiger partial charge in [-0.3, -0.25) is 4.79 Å². The van der Waals surface area contributed by atoms with Gasteiger partial charge in [0.05, 0.1) is 19.3 Å². The van der Waals surface area contributed by atoms with Crippen molar-refractivity contribution < 1.29 is 14.3 Å². The van der Waals surface area contributed by atoms with Crippen molar-refractivity contribution in [2.24, 2.45) is 10.9 Å². The van der Waals surface area contributed by atoms with Gasteiger partial charge in [0.2, 0.25) is 5.91 Å². The Balaban J connectivity index is 0.00000363. The molecular weight excluding hydrogens is 519 g/mol. The summed E-state index contributed by atoms with van der Waals surface area (Å²) in [5, 5.41) is 6.16. The van der Waals surface area contributed by atoms with Gasteiger partial charge in [0.1, 0.15) is 0 Å². The number of nitrogens with one attached hydrogen (secondary N) is 2. The van der Waals surface area contributed by atoms with E-state index in [9.17, 15) is 4.79 Å². The highest BCUT2D eigenvalue weighted by molar-refractivity contribution is 14.0. The summed E-state index contributed by atoms with van der Waals surface area (Å²) in [6, 6.07) is 8.57. The highest BCUT2D eigenvalue weighted by atomic mass is 127. The number of amides is 1. The monoisotopic (exact) mass is 558 g/mol. The third-order valence-electron chi connectivity index (χ3n) is 6.09. The standard InChI is InChI=1S/C24H38N4O3.HI/c1-3-26-24(28-12-8-19(9-13-28)16-23(29)25-2)27-17-20-4-6-21(7-5-20)18-31-22-10-14-30-15-11-22;/h4-7,19,22H,3,8-18H2,1-2H3,(H,25,29)(H,26,27);1H. The average Bonchev–Trinajstić information content (AvgIpc) is 2.82. The predicted octanol–water partition coefficient (Wildman–Crippen LogP) is 3.31. The number of carbonyl (C=O) groups is 1. The number of aliphatic imine (C=N–C) groups is 1. The first-order valence-corrected chi connectivity index (χ1v) is 11.7. The van der Waals surface area contributed by atoms with Crippen molar-refractivity contribution in [2.45, 2.75) is 58.3 Å². The molecule has 7 nitrogen and oxygen atoms in total. The van der Waals surface area contributed by atoms with Gasteiger partial charge in [-0.05, 0) is 49.7 Å². The van der Waals surface area contributed by atoms with Gasteiger partial charge in [-0.2, -0.15) is 0 Å². The van der Waals surface area contributed by atoms with Gasteiger partial charge >= 0.3 is 0 Å². The molecule has 2 fully saturated rings. The zero-order valence-electron chi connectivity index (χ0n) is 19.5. The molecule has 32 heavy (non-hydrogen) atoms. The van der Waals surface area contributed by atoms with Crippen molar-refractivity contribution in [1.82, 2.24) is 15.5 Å². The van der Waals surface area contributed by atoms with Crippen molar-refractivity contribution in [3.63, 3.8) is 0 Å². The Kier molecular flexibility index (Phi) is 12.3. The zero-order chi connectivity index (χ0) is 21.9. The van der Waals surface area contributed by atoms with Crippen LogP contribution in [0, 0.1) is 5.92 Å². The third kappa shape index (κ3) is 8.86. The number of hydrogen-bond acceptors (Lipinski definition) is 4. The van der Waals surface area contributed by atoms with Gasteiger partial charge in [-0.1, -0.05) is 24.3 Å². The molecule has 1 amide bonds. The summed E-state index contributed by atoms with van der Waals surface area (Å²) >= 11 is 0. The number of hydrogen-bond donors (Lipinski definition) is 2. The van der Waals surface area contributed by atoms with Crippen molar-refractivity contribution in [3.8, 4) is 0 Å². The summed E-state index contributed by atoms with van der Waals surface area (Å²) in [5.41, 5.74) is 2.39. The van der Waals surface area contributed by atoms with Crippen LogP contribution < -0.4 is 10.6 Å². The van der Waals surface area contributed by atoms with Crippen LogP contribution in [0.5, 0.6) is 0 Å². The maximum absolute atomic E-state index is 11.6. The van der Waals surface area contributed by atoms with E-state index in [2.05, 4.69) is 46.7 Å². The van der Waals surface area contributed by atoms with Gasteiger partial charge in [-0.15, -0.1) is 24.0 Å². The van der Waals surface area contributed by atoms with Crippen molar-refractivity contribution in [1.29, 1.82) is 0 Å². The molecule has 2 aliphatic rings. The van der Waals surface area contributed by atoms with E-state index in [1.165, 1.54) is 11.1 Å². The van der Waals surface area contributed by atoms with Crippen molar-refractivity contribution >= 4 is 35.8 Å². The minimum absolute atomic E-state index is 0. The Labute approximate surface area is 209 Å². The molecule has 0 saturated carbocycles. The van der Waals surface area contributed by atoms with Crippen molar-refractivity contribution in [2.75, 3.05) is 39.9 Å². The summed E-state index contributed by atoms with van der Waals surface area (Å²) in [6.07, 6.45) is 4.98. The quantitative estimate of drug-likeness (QED) is 0.291. The first kappa shape index (κ1) is 26.9. The second-order valence-electron chi connectivity index (χ2n) is 8.42. The molecule has 180 valence electrons. The van der Waals surface area contributed by atoms with Crippen LogP contribution in [0.4, 0.5) is 0 Å². The van der Waals surface area contributed by atoms with E-state index in [-0.39, 0.29) is 29.9 Å². The molecule has 1 aromatic carbocycles. The minimum Gasteiger partial charge on any atom is -0.381 e. The Morgan fingerprint density at radius 3 is 2.41 bits per heavy atom. The van der Waals surface area contributed by atoms with Gasteiger partial charge in [-0.25, -0.2) is 4.99 Å². The topological polar surface area (TPSA) is 75.2 Å². The van der Waals surface area contributed by atoms with Crippen LogP contribution in [-0.2, 0) is 27.4 Å². The molecule has 2 N–H and O–H groups in total. The van der Waals surface area contributed by atoms with E-state index >= 15 is 0 Å². The van der Waals surface area contributed by atoms with Crippen LogP contribution in [0.3, 0.4) is 0 Å². The van der Waals surface area contributed by atoms with Crippen LogP contribution in [0.2, 0.25) is 0 Å². The lowest BCUT2D eigenvalue weighted by molar-refractivity contribution is -0.121. The second-order valence-corrected chi connectivity index (χ2v) is 8.42. The maximum atomic E-state index is 11.6. The molecule has 2 saturated heterocycles. The normalized spacial score (nSPS) is 18.2. The van der Waals surface area contributed by atoms with Crippen LogP contribution in [0.25, 0.3) is 0 Å². The number of halogens is 1. The zero-order valence-corrected chi connectivity index (χ0v) is 21.8. The first-order valence-electron chi connectivity index (χ1n) is 11.7. The fourth-order valence-electron chi connectivity index (χ4n) is 4.10. The van der Waals surface area contributed by atoms with E-state index in [0.717, 1.165) is 64.5 Å². The third-order valence-corrected chi connectivity index (χ3v) is 6.09. The van der Waals surface area contributed by atoms with E-state index in [1.807, 2.05) is 0 Å². The van der Waals surface area contributed by atoms with Crippen LogP contribution in [-0.4, -0.2) is 62.8 Å². The molecule has 0 aliphatic carbocycles. The maximum Gasteiger partial charge on any atom is 0.220 e. The van der Waals surface area contributed by atoms with Gasteiger partial charge in [0, 0.05) is 46.3 Å². The molecule has 0 atom stereocenters. The van der Waals surface area contributed by atoms with Gasteiger partial charge < -0.3 is 25.0 Å². The van der Waals surface area contributed by atoms with E-state index < -0.39 is 0 Å². The number of guanidine groups is 1. The second kappa shape index (κ2) is 14.7. The number of likely N-dealkylation sites (tertiary alicyclic amines) is 1. The van der Waals surface area contributed by atoms with E-state index in [4.69, 9.17) is 14.5 Å². The van der Waals surface area contributed by atoms with Crippen LogP contribution in [0.15, 0.2) is 29.3 Å². The number of nitrogens with zero attached hydrogens (tertiary/aromatic N) is 2. The lowest BCUT2D eigenvalue weighted by Crippen LogP contribution is -2.46. The number of piperidine rings is 1. The summed E-state index contributed by atoms with van der Waals surface area (Å²) in [6.45, 7) is 7.75. The minimum atomic E-state index is 0. The molecule has 2 heterocycles. The number of benzene rings is 1. The molecular formula is C24H39IN4O3. The average molecular weight is 559 g/mol. The van der Waals surface area contributed by atoms with E-state index in [1.54, 1.807) is 7.05 Å². The fourth-order valence-corrected chi connectivity index (χ4v) is 4.10. The Hall–Kier alpha value is -1.39. The summed E-state index contributed by atoms with van der Waals surface area (Å²) in [4.78, 5) is 18.8. The Bertz CT molecular complexity index is 700. The lowest BCUT2D eigenvalue weighted by atomic mass is 9.93. The number of rotatable bonds is 8. The van der Waals surface area contributed by atoms with Crippen molar-refractivity contribution in [3.05, 3.63) is 35.4 Å². The van der Waals surface area contributed by atoms with E-state index in [0.29, 0.717) is 31.6 Å². The molecule has 2 aliphatic heterocycles. The smallest absolute Gasteiger partial charge is 0.220 e. The lowest BCUT2D eigenvalue weighted by Gasteiger charge is -2.34. The molecule has 0 radical (unpaired) electrons. The van der Waals surface area contributed by atoms with Crippen LogP contribution in [0.1, 0.15) is 50.2 Å². The highest BCUT2D eigenvalue weighted by Crippen LogP contribution is 2.21. The summed E-state index contributed by atoms with van der Waals surface area (Å²) < 4.78 is 11.4. The largest absolute Gasteiger partial charge is 0.381 e. The summed E-state index contributed by atoms with van der Waals surface area (Å²) in [5.74, 6) is 1.57. The molecule has 8 heteroatoms. The fraction of sp³-hybridized carbons (Fsp3) is 0.667. The molecule has 3 rings (SSSR count). The highest BCUT2D eigenvalue weighted by Gasteiger charge is 2.23. The Morgan fingerprint density at radius 2 is 1.78 bits per heavy atom. The molecule has 0 aromatic heterocycles. The summed E-state index contributed by atoms with van der Waals surface area (Å²) in [7, 11) is 1.71. The van der Waals surface area contributed by atoms with Gasteiger partial charge in [0.25, 0.3) is 0 Å². The number of carbonyl (C=O) groups excluding carboxylic acids is 1. The van der Waals surface area contributed by atoms with Crippen LogP contribution >= 0.6 is 24.0 Å². The molecule has 0 spiro atoms. The van der Waals surface area contributed by atoms with Gasteiger partial charge in [0.15, 0.2) is 5.96 Å². The molecule has 1 aromatic rings.